The van der Waals surface area contributed by atoms with Gasteiger partial charge in [-0.2, -0.15) is 18.3 Å². The number of carbonyl (C=O) groups excluding carboxylic acids is 1. The molecule has 33 heavy (non-hydrogen) atoms. The normalized spacial score (nSPS) is 11.2. The molecule has 0 radical (unpaired) electrons. The van der Waals surface area contributed by atoms with Crippen molar-refractivity contribution < 1.29 is 32.2 Å². The van der Waals surface area contributed by atoms with Crippen molar-refractivity contribution in [2.75, 3.05) is 20.3 Å². The molecule has 7 nitrogen and oxygen atoms in total. The average Bonchev–Trinajstić information content (AvgIpc) is 2.78. The zero-order chi connectivity index (χ0) is 24.0. The number of methoxy groups -OCH3 is 1. The summed E-state index contributed by atoms with van der Waals surface area (Å²) in [5.41, 5.74) is -1.75. The highest BCUT2D eigenvalue weighted by Gasteiger charge is 2.30. The van der Waals surface area contributed by atoms with E-state index in [4.69, 9.17) is 14.2 Å². The molecule has 0 aliphatic carbocycles. The Morgan fingerprint density at radius 2 is 1.73 bits per heavy atom. The summed E-state index contributed by atoms with van der Waals surface area (Å²) in [6, 6.07) is 12.5. The first-order chi connectivity index (χ1) is 15.7. The second-order valence-electron chi connectivity index (χ2n) is 6.97. The Morgan fingerprint density at radius 3 is 2.39 bits per heavy atom. The first-order valence-corrected chi connectivity index (χ1v) is 9.91. The van der Waals surface area contributed by atoms with Gasteiger partial charge in [0.2, 0.25) is 11.1 Å². The van der Waals surface area contributed by atoms with Crippen LogP contribution in [0.2, 0.25) is 0 Å². The van der Waals surface area contributed by atoms with Crippen LogP contribution in [0, 0.1) is 6.92 Å². The lowest BCUT2D eigenvalue weighted by atomic mass is 10.2. The maximum atomic E-state index is 13.0. The van der Waals surface area contributed by atoms with Gasteiger partial charge in [-0.25, -0.2) is 9.48 Å². The van der Waals surface area contributed by atoms with Gasteiger partial charge in [-0.3, -0.25) is 4.79 Å². The summed E-state index contributed by atoms with van der Waals surface area (Å²) in [5.74, 6) is 0.342. The fourth-order valence-corrected chi connectivity index (χ4v) is 2.92. The molecule has 2 aromatic carbocycles. The predicted molar refractivity (Wildman–Crippen MR) is 113 cm³/mol. The highest BCUT2D eigenvalue weighted by Crippen LogP contribution is 2.30. The lowest BCUT2D eigenvalue weighted by Crippen LogP contribution is -2.25. The zero-order valence-corrected chi connectivity index (χ0v) is 17.9. The smallest absolute Gasteiger partial charge is 0.416 e. The number of hydrogen-bond acceptors (Lipinski definition) is 6. The minimum atomic E-state index is -4.54. The van der Waals surface area contributed by atoms with Crippen molar-refractivity contribution in [2.45, 2.75) is 19.5 Å². The number of benzene rings is 2. The molecule has 0 saturated heterocycles. The molecule has 1 aromatic heterocycles. The quantitative estimate of drug-likeness (QED) is 0.369. The Kier molecular flexibility index (Phi) is 7.37. The van der Waals surface area contributed by atoms with Crippen molar-refractivity contribution in [2.24, 2.45) is 0 Å². The van der Waals surface area contributed by atoms with E-state index in [-0.39, 0.29) is 24.6 Å². The molecule has 0 bridgehead atoms. The van der Waals surface area contributed by atoms with Crippen molar-refractivity contribution in [1.82, 2.24) is 9.78 Å². The maximum Gasteiger partial charge on any atom is 0.416 e. The Bertz CT molecular complexity index is 1170. The molecule has 0 spiro atoms. The third-order valence-corrected chi connectivity index (χ3v) is 4.57. The molecule has 174 valence electrons. The van der Waals surface area contributed by atoms with Gasteiger partial charge in [-0.1, -0.05) is 6.07 Å². The Morgan fingerprint density at radius 1 is 1.03 bits per heavy atom. The standard InChI is InChI=1S/C23H21F3N2O5/c1-15-13-20(29)21(27-28(15)17-6-3-5-16(14-17)23(24,25)26)22(30)33-12-4-11-32-19-9-7-18(31-2)8-10-19/h3,5-10,13-14H,4,11-12H2,1-2H3. The van der Waals surface area contributed by atoms with Crippen LogP contribution in [0.25, 0.3) is 5.69 Å². The molecule has 1 heterocycles. The lowest BCUT2D eigenvalue weighted by Gasteiger charge is -2.13. The predicted octanol–water partition coefficient (Wildman–Crippen LogP) is 4.19. The number of aromatic nitrogens is 2. The van der Waals surface area contributed by atoms with E-state index < -0.39 is 28.8 Å². The molecule has 3 rings (SSSR count). The van der Waals surface area contributed by atoms with Crippen LogP contribution >= 0.6 is 0 Å². The molecule has 0 aliphatic heterocycles. The van der Waals surface area contributed by atoms with E-state index >= 15 is 0 Å². The fraction of sp³-hybridized carbons (Fsp3) is 0.261. The molecule has 10 heteroatoms. The second-order valence-corrected chi connectivity index (χ2v) is 6.97. The summed E-state index contributed by atoms with van der Waals surface area (Å²) in [6.07, 6.45) is -4.19. The van der Waals surface area contributed by atoms with Crippen molar-refractivity contribution in [3.05, 3.63) is 81.8 Å². The third-order valence-electron chi connectivity index (χ3n) is 4.57. The van der Waals surface area contributed by atoms with Gasteiger partial charge in [0, 0.05) is 18.2 Å². The van der Waals surface area contributed by atoms with E-state index in [0.717, 1.165) is 22.9 Å². The molecule has 0 saturated carbocycles. The summed E-state index contributed by atoms with van der Waals surface area (Å²) in [5, 5.41) is 3.95. The third kappa shape index (κ3) is 6.12. The molecule has 0 N–H and O–H groups in total. The minimum absolute atomic E-state index is 0.0342. The summed E-state index contributed by atoms with van der Waals surface area (Å²) in [4.78, 5) is 24.6. The molecule has 0 aliphatic rings. The second kappa shape index (κ2) is 10.2. The number of ether oxygens (including phenoxy) is 3. The fourth-order valence-electron chi connectivity index (χ4n) is 2.92. The van der Waals surface area contributed by atoms with E-state index in [9.17, 15) is 22.8 Å². The van der Waals surface area contributed by atoms with Gasteiger partial charge in [0.1, 0.15) is 11.5 Å². The topological polar surface area (TPSA) is 79.7 Å². The number of nitrogens with zero attached hydrogens (tertiary/aromatic N) is 2. The average molecular weight is 462 g/mol. The van der Waals surface area contributed by atoms with E-state index in [1.165, 1.54) is 19.1 Å². The summed E-state index contributed by atoms with van der Waals surface area (Å²) in [6.45, 7) is 1.73. The maximum absolute atomic E-state index is 13.0. The number of rotatable bonds is 8. The molecule has 0 fully saturated rings. The molecule has 0 amide bonds. The summed E-state index contributed by atoms with van der Waals surface area (Å²) < 4.78 is 55.9. The summed E-state index contributed by atoms with van der Waals surface area (Å²) >= 11 is 0. The monoisotopic (exact) mass is 462 g/mol. The van der Waals surface area contributed by atoms with Crippen LogP contribution in [-0.2, 0) is 10.9 Å². The Hall–Kier alpha value is -3.82. The minimum Gasteiger partial charge on any atom is -0.497 e. The number of hydrogen-bond donors (Lipinski definition) is 0. The molecule has 0 unspecified atom stereocenters. The van der Waals surface area contributed by atoms with E-state index in [1.807, 2.05) is 0 Å². The van der Waals surface area contributed by atoms with Crippen molar-refractivity contribution in [1.29, 1.82) is 0 Å². The van der Waals surface area contributed by atoms with Gasteiger partial charge in [0.05, 0.1) is 31.6 Å². The van der Waals surface area contributed by atoms with E-state index in [2.05, 4.69) is 5.10 Å². The van der Waals surface area contributed by atoms with Crippen LogP contribution in [0.15, 0.2) is 59.4 Å². The van der Waals surface area contributed by atoms with Crippen LogP contribution in [0.5, 0.6) is 11.5 Å². The molecular formula is C23H21F3N2O5. The first-order valence-electron chi connectivity index (χ1n) is 9.91. The van der Waals surface area contributed by atoms with Gasteiger partial charge in [-0.05, 0) is 49.4 Å². The largest absolute Gasteiger partial charge is 0.497 e. The van der Waals surface area contributed by atoms with Gasteiger partial charge in [0.15, 0.2) is 0 Å². The Balaban J connectivity index is 1.64. The van der Waals surface area contributed by atoms with Gasteiger partial charge in [0.25, 0.3) is 0 Å². The Labute approximate surface area is 187 Å². The van der Waals surface area contributed by atoms with Crippen LogP contribution in [0.3, 0.4) is 0 Å². The lowest BCUT2D eigenvalue weighted by molar-refractivity contribution is -0.137. The highest BCUT2D eigenvalue weighted by molar-refractivity contribution is 5.86. The molecule has 0 atom stereocenters. The van der Waals surface area contributed by atoms with Crippen molar-refractivity contribution in [3.63, 3.8) is 0 Å². The van der Waals surface area contributed by atoms with Gasteiger partial charge < -0.3 is 14.2 Å². The number of halogens is 3. The summed E-state index contributed by atoms with van der Waals surface area (Å²) in [7, 11) is 1.56. The molecule has 3 aromatic rings. The van der Waals surface area contributed by atoms with Crippen molar-refractivity contribution in [3.8, 4) is 17.2 Å². The van der Waals surface area contributed by atoms with Gasteiger partial charge in [-0.15, -0.1) is 0 Å². The number of alkyl halides is 3. The number of carbonyl (C=O) groups is 1. The number of esters is 1. The van der Waals surface area contributed by atoms with Crippen LogP contribution < -0.4 is 14.9 Å². The van der Waals surface area contributed by atoms with Gasteiger partial charge >= 0.3 is 12.1 Å². The zero-order valence-electron chi connectivity index (χ0n) is 17.9. The first kappa shape index (κ1) is 23.8. The highest BCUT2D eigenvalue weighted by atomic mass is 19.4. The SMILES string of the molecule is COc1ccc(OCCCOC(=O)c2nn(-c3cccc(C(F)(F)F)c3)c(C)cc2=O)cc1. The van der Waals surface area contributed by atoms with Crippen LogP contribution in [0.4, 0.5) is 13.2 Å². The van der Waals surface area contributed by atoms with Crippen molar-refractivity contribution >= 4 is 5.97 Å². The van der Waals surface area contributed by atoms with E-state index in [0.29, 0.717) is 17.9 Å². The van der Waals surface area contributed by atoms with E-state index in [1.54, 1.807) is 31.4 Å². The number of aryl methyl sites for hydroxylation is 1. The molecular weight excluding hydrogens is 441 g/mol. The van der Waals surface area contributed by atoms with Crippen LogP contribution in [0.1, 0.15) is 28.2 Å². The van der Waals surface area contributed by atoms with Crippen LogP contribution in [-0.4, -0.2) is 36.1 Å².